The summed E-state index contributed by atoms with van der Waals surface area (Å²) in [5.41, 5.74) is 1.30. The summed E-state index contributed by atoms with van der Waals surface area (Å²) in [4.78, 5) is 41.5. The lowest BCUT2D eigenvalue weighted by Crippen LogP contribution is -2.65. The molecule has 1 aliphatic carbocycles. The summed E-state index contributed by atoms with van der Waals surface area (Å²) in [5, 5.41) is 10.4. The van der Waals surface area contributed by atoms with Gasteiger partial charge in [-0.05, 0) is 50.3 Å². The minimum Gasteiger partial charge on any atom is -0.351 e. The van der Waals surface area contributed by atoms with Crippen LogP contribution in [0, 0.1) is 0 Å². The number of carbonyl (C=O) groups is 3. The molecule has 0 bridgehead atoms. The Morgan fingerprint density at radius 2 is 1.85 bits per heavy atom. The zero-order chi connectivity index (χ0) is 24.3. The maximum absolute atomic E-state index is 13.5. The highest BCUT2D eigenvalue weighted by Crippen LogP contribution is 2.29. The summed E-state index contributed by atoms with van der Waals surface area (Å²) in [5.74, 6) is -0.786. The fourth-order valence-electron chi connectivity index (χ4n) is 4.85. The van der Waals surface area contributed by atoms with Crippen molar-refractivity contribution in [3.8, 4) is 0 Å². The normalized spacial score (nSPS) is 20.3. The summed E-state index contributed by atoms with van der Waals surface area (Å²) in [6.07, 6.45) is 6.81. The Morgan fingerprint density at radius 3 is 2.50 bits per heavy atom. The number of unbranched alkanes of at least 4 members (excludes halogenated alkanes) is 1. The molecular formula is C26H35N5O3. The highest BCUT2D eigenvalue weighted by molar-refractivity contribution is 6.06. The van der Waals surface area contributed by atoms with Crippen molar-refractivity contribution >= 4 is 23.4 Å². The van der Waals surface area contributed by atoms with Crippen molar-refractivity contribution in [3.63, 3.8) is 0 Å². The molecule has 1 aliphatic heterocycles. The number of fused-ring (bicyclic) bond motifs is 1. The molecule has 0 spiro atoms. The van der Waals surface area contributed by atoms with Crippen molar-refractivity contribution in [1.29, 1.82) is 0 Å². The van der Waals surface area contributed by atoms with E-state index in [9.17, 15) is 14.4 Å². The van der Waals surface area contributed by atoms with E-state index in [1.165, 1.54) is 16.3 Å². The Kier molecular flexibility index (Phi) is 7.05. The van der Waals surface area contributed by atoms with Gasteiger partial charge in [-0.2, -0.15) is 5.10 Å². The number of aryl methyl sites for hydroxylation is 1. The van der Waals surface area contributed by atoms with E-state index < -0.39 is 5.54 Å². The lowest BCUT2D eigenvalue weighted by Gasteiger charge is -2.43. The predicted octanol–water partition coefficient (Wildman–Crippen LogP) is 3.77. The standard InChI is InChI=1S/C26H35N5O3/c1-4-6-15-30-24(33)22-16-21(23(32)27-20-13-11-18(5-2)12-14-20)29-31(22)17-26(30,3)25(34)28-19-9-7-8-10-19/h11-14,16,19H,4-10,15,17H2,1-3H3,(H,27,32)(H,28,34)/t26-/m0/s1. The first-order valence-electron chi connectivity index (χ1n) is 12.5. The average Bonchev–Trinajstić information content (AvgIpc) is 3.49. The van der Waals surface area contributed by atoms with Gasteiger partial charge in [0.05, 0.1) is 6.54 Å². The molecule has 0 radical (unpaired) electrons. The van der Waals surface area contributed by atoms with E-state index in [0.717, 1.165) is 44.9 Å². The van der Waals surface area contributed by atoms with Crippen LogP contribution in [0.1, 0.15) is 85.8 Å². The largest absolute Gasteiger partial charge is 0.351 e. The maximum atomic E-state index is 13.5. The fourth-order valence-corrected chi connectivity index (χ4v) is 4.85. The summed E-state index contributed by atoms with van der Waals surface area (Å²) in [6.45, 7) is 6.65. The van der Waals surface area contributed by atoms with Crippen LogP contribution >= 0.6 is 0 Å². The van der Waals surface area contributed by atoms with Crippen LogP contribution in [-0.2, 0) is 17.8 Å². The number of nitrogens with one attached hydrogen (secondary N) is 2. The minimum atomic E-state index is -1.06. The second kappa shape index (κ2) is 9.99. The van der Waals surface area contributed by atoms with Crippen LogP contribution < -0.4 is 10.6 Å². The molecule has 34 heavy (non-hydrogen) atoms. The van der Waals surface area contributed by atoms with Gasteiger partial charge in [0.15, 0.2) is 5.69 Å². The van der Waals surface area contributed by atoms with Crippen molar-refractivity contribution in [3.05, 3.63) is 47.3 Å². The van der Waals surface area contributed by atoms with Crippen LogP contribution in [0.25, 0.3) is 0 Å². The molecule has 8 heteroatoms. The Bertz CT molecular complexity index is 1050. The van der Waals surface area contributed by atoms with Gasteiger partial charge in [-0.15, -0.1) is 0 Å². The fraction of sp³-hybridized carbons (Fsp3) is 0.538. The molecule has 0 saturated heterocycles. The molecule has 1 atom stereocenters. The van der Waals surface area contributed by atoms with E-state index >= 15 is 0 Å². The molecule has 1 aromatic carbocycles. The lowest BCUT2D eigenvalue weighted by atomic mass is 9.94. The van der Waals surface area contributed by atoms with Crippen LogP contribution in [0.5, 0.6) is 0 Å². The molecule has 1 fully saturated rings. The Hall–Kier alpha value is -3.16. The Labute approximate surface area is 201 Å². The average molecular weight is 466 g/mol. The molecule has 2 aliphatic rings. The van der Waals surface area contributed by atoms with Crippen LogP contribution in [-0.4, -0.2) is 50.5 Å². The van der Waals surface area contributed by atoms with Gasteiger partial charge in [-0.1, -0.05) is 45.2 Å². The molecule has 1 saturated carbocycles. The van der Waals surface area contributed by atoms with Crippen LogP contribution in [0.4, 0.5) is 5.69 Å². The van der Waals surface area contributed by atoms with Gasteiger partial charge < -0.3 is 15.5 Å². The third-order valence-electron chi connectivity index (χ3n) is 7.07. The number of rotatable bonds is 8. The molecular weight excluding hydrogens is 430 g/mol. The molecule has 8 nitrogen and oxygen atoms in total. The van der Waals surface area contributed by atoms with Gasteiger partial charge in [0.2, 0.25) is 5.91 Å². The van der Waals surface area contributed by atoms with Gasteiger partial charge >= 0.3 is 0 Å². The van der Waals surface area contributed by atoms with Crippen LogP contribution in [0.2, 0.25) is 0 Å². The molecule has 2 aromatic rings. The van der Waals surface area contributed by atoms with Crippen molar-refractivity contribution < 1.29 is 14.4 Å². The molecule has 1 aromatic heterocycles. The number of benzene rings is 1. The van der Waals surface area contributed by atoms with Gasteiger partial charge in [-0.3, -0.25) is 19.1 Å². The number of anilines is 1. The first-order chi connectivity index (χ1) is 16.4. The summed E-state index contributed by atoms with van der Waals surface area (Å²) < 4.78 is 1.52. The topological polar surface area (TPSA) is 96.3 Å². The zero-order valence-electron chi connectivity index (χ0n) is 20.4. The van der Waals surface area contributed by atoms with E-state index in [1.807, 2.05) is 31.2 Å². The number of carbonyl (C=O) groups excluding carboxylic acids is 3. The van der Waals surface area contributed by atoms with Crippen molar-refractivity contribution in [2.45, 2.75) is 83.8 Å². The van der Waals surface area contributed by atoms with Crippen molar-refractivity contribution in [1.82, 2.24) is 20.0 Å². The number of hydrogen-bond acceptors (Lipinski definition) is 4. The molecule has 0 unspecified atom stereocenters. The van der Waals surface area contributed by atoms with Crippen LogP contribution in [0.3, 0.4) is 0 Å². The zero-order valence-corrected chi connectivity index (χ0v) is 20.4. The first-order valence-corrected chi connectivity index (χ1v) is 12.5. The third kappa shape index (κ3) is 4.72. The Morgan fingerprint density at radius 1 is 1.15 bits per heavy atom. The van der Waals surface area contributed by atoms with Gasteiger partial charge in [0.25, 0.3) is 11.8 Å². The van der Waals surface area contributed by atoms with Crippen molar-refractivity contribution in [2.75, 3.05) is 11.9 Å². The summed E-state index contributed by atoms with van der Waals surface area (Å²) in [6, 6.07) is 9.34. The summed E-state index contributed by atoms with van der Waals surface area (Å²) >= 11 is 0. The lowest BCUT2D eigenvalue weighted by molar-refractivity contribution is -0.133. The number of aromatic nitrogens is 2. The highest BCUT2D eigenvalue weighted by atomic mass is 16.2. The first kappa shape index (κ1) is 24.0. The minimum absolute atomic E-state index is 0.146. The van der Waals surface area contributed by atoms with Gasteiger partial charge in [-0.25, -0.2) is 0 Å². The third-order valence-corrected chi connectivity index (χ3v) is 7.07. The van der Waals surface area contributed by atoms with E-state index in [2.05, 4.69) is 29.6 Å². The van der Waals surface area contributed by atoms with E-state index in [1.54, 1.807) is 4.90 Å². The molecule has 4 rings (SSSR count). The molecule has 2 N–H and O–H groups in total. The van der Waals surface area contributed by atoms with E-state index in [4.69, 9.17) is 0 Å². The molecule has 182 valence electrons. The molecule has 2 heterocycles. The maximum Gasteiger partial charge on any atom is 0.276 e. The van der Waals surface area contributed by atoms with Gasteiger partial charge in [0, 0.05) is 24.3 Å². The highest BCUT2D eigenvalue weighted by Gasteiger charge is 2.48. The molecule has 3 amide bonds. The second-order valence-corrected chi connectivity index (χ2v) is 9.62. The predicted molar refractivity (Wildman–Crippen MR) is 131 cm³/mol. The smallest absolute Gasteiger partial charge is 0.276 e. The second-order valence-electron chi connectivity index (χ2n) is 9.62. The number of hydrogen-bond donors (Lipinski definition) is 2. The monoisotopic (exact) mass is 465 g/mol. The SMILES string of the molecule is CCCCN1C(=O)c2cc(C(=O)Nc3ccc(CC)cc3)nn2C[C@@]1(C)C(=O)NC1CCCC1. The summed E-state index contributed by atoms with van der Waals surface area (Å²) in [7, 11) is 0. The Balaban J connectivity index is 1.57. The van der Waals surface area contributed by atoms with E-state index in [0.29, 0.717) is 17.9 Å². The quantitative estimate of drug-likeness (QED) is 0.620. The number of amides is 3. The number of nitrogens with zero attached hydrogens (tertiary/aromatic N) is 3. The van der Waals surface area contributed by atoms with E-state index in [-0.39, 0.29) is 36.0 Å². The van der Waals surface area contributed by atoms with Crippen molar-refractivity contribution in [2.24, 2.45) is 0 Å². The van der Waals surface area contributed by atoms with Gasteiger partial charge in [0.1, 0.15) is 11.2 Å². The van der Waals surface area contributed by atoms with Crippen LogP contribution in [0.15, 0.2) is 30.3 Å².